The summed E-state index contributed by atoms with van der Waals surface area (Å²) in [5.41, 5.74) is 1.56. The van der Waals surface area contributed by atoms with Gasteiger partial charge in [0.2, 0.25) is 0 Å². The number of hydrogen-bond donors (Lipinski definition) is 0. The highest BCUT2D eigenvalue weighted by molar-refractivity contribution is 5.19. The molecule has 0 heterocycles. The highest BCUT2D eigenvalue weighted by atomic mass is 14.1. The second-order valence-electron chi connectivity index (χ2n) is 5.45. The fourth-order valence-corrected chi connectivity index (χ4v) is 2.66. The maximum atomic E-state index is 2.32. The normalized spacial score (nSPS) is 12.6. The highest BCUT2D eigenvalue weighted by Crippen LogP contribution is 2.28. The summed E-state index contributed by atoms with van der Waals surface area (Å²) in [6.45, 7) is 4.58. The molecule has 0 fully saturated rings. The monoisotopic (exact) mass is 246 g/mol. The van der Waals surface area contributed by atoms with E-state index in [4.69, 9.17) is 0 Å². The van der Waals surface area contributed by atoms with Crippen LogP contribution in [-0.4, -0.2) is 0 Å². The maximum Gasteiger partial charge on any atom is -0.0162 e. The molecule has 1 unspecified atom stereocenters. The van der Waals surface area contributed by atoms with Gasteiger partial charge in [-0.15, -0.1) is 0 Å². The molecule has 0 N–H and O–H groups in total. The molecule has 1 aromatic rings. The largest absolute Gasteiger partial charge is 0.0654 e. The van der Waals surface area contributed by atoms with E-state index in [1.165, 1.54) is 57.8 Å². The molecule has 1 atom stereocenters. The van der Waals surface area contributed by atoms with Crippen LogP contribution in [0, 0.1) is 0 Å². The van der Waals surface area contributed by atoms with E-state index in [0.29, 0.717) is 0 Å². The van der Waals surface area contributed by atoms with Crippen LogP contribution in [0.1, 0.15) is 83.1 Å². The Morgan fingerprint density at radius 3 is 1.89 bits per heavy atom. The van der Waals surface area contributed by atoms with Crippen LogP contribution in [0.15, 0.2) is 30.3 Å². The molecule has 1 rings (SSSR count). The van der Waals surface area contributed by atoms with Crippen molar-refractivity contribution >= 4 is 0 Å². The summed E-state index contributed by atoms with van der Waals surface area (Å²) in [5, 5.41) is 0. The standard InChI is InChI=1S/C18H30/c1-3-5-7-10-14-17(13-9-6-4-2)18-15-11-8-12-16-18/h8,11-12,15-17H,3-7,9-10,13-14H2,1-2H3. The zero-order valence-corrected chi connectivity index (χ0v) is 12.3. The predicted molar refractivity (Wildman–Crippen MR) is 82.1 cm³/mol. The van der Waals surface area contributed by atoms with Gasteiger partial charge in [-0.1, -0.05) is 89.1 Å². The number of unbranched alkanes of at least 4 members (excludes halogenated alkanes) is 5. The molecular weight excluding hydrogens is 216 g/mol. The Morgan fingerprint density at radius 2 is 1.28 bits per heavy atom. The van der Waals surface area contributed by atoms with Crippen molar-refractivity contribution in [2.24, 2.45) is 0 Å². The smallest absolute Gasteiger partial charge is 0.0162 e. The summed E-state index contributed by atoms with van der Waals surface area (Å²) in [4.78, 5) is 0. The van der Waals surface area contributed by atoms with Crippen molar-refractivity contribution in [1.82, 2.24) is 0 Å². The van der Waals surface area contributed by atoms with Gasteiger partial charge in [0, 0.05) is 0 Å². The molecule has 0 aliphatic rings. The molecule has 0 heteroatoms. The minimum absolute atomic E-state index is 0.801. The van der Waals surface area contributed by atoms with Crippen molar-refractivity contribution in [3.63, 3.8) is 0 Å². The molecular formula is C18H30. The van der Waals surface area contributed by atoms with Gasteiger partial charge >= 0.3 is 0 Å². The lowest BCUT2D eigenvalue weighted by Gasteiger charge is -2.17. The number of benzene rings is 1. The van der Waals surface area contributed by atoms with Gasteiger partial charge in [-0.05, 0) is 24.3 Å². The van der Waals surface area contributed by atoms with Crippen LogP contribution in [-0.2, 0) is 0 Å². The Labute approximate surface area is 114 Å². The third kappa shape index (κ3) is 6.23. The van der Waals surface area contributed by atoms with Crippen LogP contribution in [0.5, 0.6) is 0 Å². The lowest BCUT2D eigenvalue weighted by atomic mass is 9.88. The highest BCUT2D eigenvalue weighted by Gasteiger charge is 2.10. The zero-order valence-electron chi connectivity index (χ0n) is 12.3. The summed E-state index contributed by atoms with van der Waals surface area (Å²) < 4.78 is 0. The van der Waals surface area contributed by atoms with Gasteiger partial charge in [0.15, 0.2) is 0 Å². The minimum Gasteiger partial charge on any atom is -0.0654 e. The quantitative estimate of drug-likeness (QED) is 0.424. The lowest BCUT2D eigenvalue weighted by Crippen LogP contribution is -1.99. The van der Waals surface area contributed by atoms with Crippen LogP contribution in [0.2, 0.25) is 0 Å². The van der Waals surface area contributed by atoms with Crippen LogP contribution in [0.4, 0.5) is 0 Å². The van der Waals surface area contributed by atoms with Crippen molar-refractivity contribution in [2.45, 2.75) is 77.6 Å². The summed E-state index contributed by atoms with van der Waals surface area (Å²) in [7, 11) is 0. The third-order valence-electron chi connectivity index (χ3n) is 3.83. The van der Waals surface area contributed by atoms with Crippen LogP contribution >= 0.6 is 0 Å². The first-order chi connectivity index (χ1) is 8.88. The van der Waals surface area contributed by atoms with E-state index in [1.54, 1.807) is 5.56 Å². The van der Waals surface area contributed by atoms with Crippen molar-refractivity contribution in [3.8, 4) is 0 Å². The van der Waals surface area contributed by atoms with Crippen molar-refractivity contribution in [2.75, 3.05) is 0 Å². The molecule has 0 spiro atoms. The lowest BCUT2D eigenvalue weighted by molar-refractivity contribution is 0.501. The second-order valence-corrected chi connectivity index (χ2v) is 5.45. The molecule has 0 amide bonds. The van der Waals surface area contributed by atoms with Crippen LogP contribution in [0.25, 0.3) is 0 Å². The van der Waals surface area contributed by atoms with E-state index >= 15 is 0 Å². The van der Waals surface area contributed by atoms with Gasteiger partial charge in [0.25, 0.3) is 0 Å². The maximum absolute atomic E-state index is 2.32. The Kier molecular flexibility index (Phi) is 8.63. The van der Waals surface area contributed by atoms with Gasteiger partial charge in [-0.25, -0.2) is 0 Å². The molecule has 1 aromatic carbocycles. The fourth-order valence-electron chi connectivity index (χ4n) is 2.66. The average Bonchev–Trinajstić information content (AvgIpc) is 2.42. The molecule has 18 heavy (non-hydrogen) atoms. The van der Waals surface area contributed by atoms with E-state index in [1.807, 2.05) is 0 Å². The zero-order chi connectivity index (χ0) is 13.1. The Hall–Kier alpha value is -0.780. The van der Waals surface area contributed by atoms with E-state index in [2.05, 4.69) is 44.2 Å². The molecule has 102 valence electrons. The Balaban J connectivity index is 2.42. The molecule has 0 radical (unpaired) electrons. The second kappa shape index (κ2) is 10.2. The van der Waals surface area contributed by atoms with Crippen LogP contribution < -0.4 is 0 Å². The molecule has 0 aromatic heterocycles. The molecule has 0 bridgehead atoms. The van der Waals surface area contributed by atoms with Gasteiger partial charge in [0.1, 0.15) is 0 Å². The van der Waals surface area contributed by atoms with E-state index in [9.17, 15) is 0 Å². The van der Waals surface area contributed by atoms with Crippen molar-refractivity contribution in [3.05, 3.63) is 35.9 Å². The Morgan fingerprint density at radius 1 is 0.722 bits per heavy atom. The van der Waals surface area contributed by atoms with E-state index in [0.717, 1.165) is 5.92 Å². The summed E-state index contributed by atoms with van der Waals surface area (Å²) in [5.74, 6) is 0.801. The average molecular weight is 246 g/mol. The minimum atomic E-state index is 0.801. The summed E-state index contributed by atoms with van der Waals surface area (Å²) in [6, 6.07) is 11.1. The third-order valence-corrected chi connectivity index (χ3v) is 3.83. The van der Waals surface area contributed by atoms with E-state index in [-0.39, 0.29) is 0 Å². The molecule has 0 aliphatic heterocycles. The van der Waals surface area contributed by atoms with Crippen molar-refractivity contribution in [1.29, 1.82) is 0 Å². The first kappa shape index (κ1) is 15.3. The SMILES string of the molecule is CCCCCCC(CCCCC)c1ccccc1. The Bertz CT molecular complexity index is 275. The fraction of sp³-hybridized carbons (Fsp3) is 0.667. The number of rotatable bonds is 10. The first-order valence-corrected chi connectivity index (χ1v) is 7.93. The number of hydrogen-bond acceptors (Lipinski definition) is 0. The molecule has 0 saturated carbocycles. The molecule has 0 saturated heterocycles. The summed E-state index contributed by atoms with van der Waals surface area (Å²) in [6.07, 6.45) is 12.4. The topological polar surface area (TPSA) is 0 Å². The van der Waals surface area contributed by atoms with Gasteiger partial charge in [-0.3, -0.25) is 0 Å². The van der Waals surface area contributed by atoms with Crippen LogP contribution in [0.3, 0.4) is 0 Å². The van der Waals surface area contributed by atoms with Gasteiger partial charge in [0.05, 0.1) is 0 Å². The first-order valence-electron chi connectivity index (χ1n) is 7.93. The summed E-state index contributed by atoms with van der Waals surface area (Å²) >= 11 is 0. The van der Waals surface area contributed by atoms with Gasteiger partial charge in [-0.2, -0.15) is 0 Å². The van der Waals surface area contributed by atoms with E-state index < -0.39 is 0 Å². The van der Waals surface area contributed by atoms with Gasteiger partial charge < -0.3 is 0 Å². The predicted octanol–water partition coefficient (Wildman–Crippen LogP) is 6.32. The van der Waals surface area contributed by atoms with Crippen molar-refractivity contribution < 1.29 is 0 Å². The molecule has 0 nitrogen and oxygen atoms in total. The molecule has 0 aliphatic carbocycles.